The van der Waals surface area contributed by atoms with Gasteiger partial charge in [0.1, 0.15) is 11.3 Å². The number of aromatic hydroxyl groups is 1. The highest BCUT2D eigenvalue weighted by Crippen LogP contribution is 2.36. The highest BCUT2D eigenvalue weighted by atomic mass is 16.3. The Labute approximate surface area is 171 Å². The first-order valence-electron chi connectivity index (χ1n) is 10.1. The molecule has 0 bridgehead atoms. The van der Waals surface area contributed by atoms with Gasteiger partial charge in [0.05, 0.1) is 0 Å². The molecule has 0 saturated carbocycles. The molecule has 6 heteroatoms. The largest absolute Gasteiger partial charge is 0.508 e. The molecule has 2 aromatic carbocycles. The van der Waals surface area contributed by atoms with E-state index in [2.05, 4.69) is 4.90 Å². The summed E-state index contributed by atoms with van der Waals surface area (Å²) in [6.07, 6.45) is 1.94. The van der Waals surface area contributed by atoms with Crippen LogP contribution in [0.15, 0.2) is 54.6 Å². The number of imide groups is 1. The summed E-state index contributed by atoms with van der Waals surface area (Å²) in [5.41, 5.74) is 1.45. The van der Waals surface area contributed by atoms with E-state index in [0.717, 1.165) is 30.8 Å². The Morgan fingerprint density at radius 2 is 1.66 bits per heavy atom. The minimum Gasteiger partial charge on any atom is -0.508 e. The van der Waals surface area contributed by atoms with Crippen LogP contribution in [0, 0.1) is 0 Å². The zero-order valence-electron chi connectivity index (χ0n) is 16.8. The van der Waals surface area contributed by atoms with Gasteiger partial charge in [0.15, 0.2) is 0 Å². The van der Waals surface area contributed by atoms with Crippen LogP contribution in [0.2, 0.25) is 0 Å². The number of carbonyl (C=O) groups is 2. The van der Waals surface area contributed by atoms with Crippen LogP contribution < -0.4 is 0 Å². The molecule has 2 fully saturated rings. The Morgan fingerprint density at radius 3 is 2.34 bits per heavy atom. The van der Waals surface area contributed by atoms with Crippen LogP contribution in [0.3, 0.4) is 0 Å². The lowest BCUT2D eigenvalue weighted by atomic mass is 9.86. The van der Waals surface area contributed by atoms with Gasteiger partial charge in [0.2, 0.25) is 0 Å². The first-order valence-corrected chi connectivity index (χ1v) is 10.1. The van der Waals surface area contributed by atoms with E-state index >= 15 is 0 Å². The van der Waals surface area contributed by atoms with Crippen molar-refractivity contribution in [2.45, 2.75) is 31.3 Å². The fourth-order valence-corrected chi connectivity index (χ4v) is 4.47. The smallest absolute Gasteiger partial charge is 0.327 e. The molecule has 0 radical (unpaired) electrons. The lowest BCUT2D eigenvalue weighted by molar-refractivity contribution is -0.135. The van der Waals surface area contributed by atoms with Crippen molar-refractivity contribution in [1.29, 1.82) is 0 Å². The number of hydrogen-bond donors (Lipinski definition) is 1. The zero-order chi connectivity index (χ0) is 20.4. The fourth-order valence-electron chi connectivity index (χ4n) is 4.47. The number of benzene rings is 2. The second kappa shape index (κ2) is 7.87. The van der Waals surface area contributed by atoms with E-state index in [-0.39, 0.29) is 17.7 Å². The van der Waals surface area contributed by atoms with E-state index in [4.69, 9.17) is 0 Å². The molecule has 6 nitrogen and oxygen atoms in total. The van der Waals surface area contributed by atoms with Gasteiger partial charge in [0, 0.05) is 33.2 Å². The van der Waals surface area contributed by atoms with Crippen molar-refractivity contribution < 1.29 is 14.7 Å². The molecule has 152 valence electrons. The standard InChI is InChI=1S/C23H27N3O3/c1-24-22(29)26(13-10-18-6-3-2-4-7-18)21(28)23(24)11-14-25(15-12-23)17-19-8-5-9-20(27)16-19/h2-9,16,27H,10-15,17H2,1H3. The van der Waals surface area contributed by atoms with Gasteiger partial charge in [-0.05, 0) is 42.5 Å². The first kappa shape index (κ1) is 19.5. The molecular formula is C23H27N3O3. The van der Waals surface area contributed by atoms with E-state index in [1.807, 2.05) is 42.5 Å². The normalized spacial score (nSPS) is 19.3. The SMILES string of the molecule is CN1C(=O)N(CCc2ccccc2)C(=O)C12CCN(Cc1cccc(O)c1)CC2. The highest BCUT2D eigenvalue weighted by molar-refractivity contribution is 6.07. The maximum Gasteiger partial charge on any atom is 0.327 e. The molecule has 3 amide bonds. The van der Waals surface area contributed by atoms with E-state index in [9.17, 15) is 14.7 Å². The molecule has 2 saturated heterocycles. The quantitative estimate of drug-likeness (QED) is 0.794. The summed E-state index contributed by atoms with van der Waals surface area (Å²) in [4.78, 5) is 31.4. The third-order valence-electron chi connectivity index (χ3n) is 6.27. The second-order valence-electron chi connectivity index (χ2n) is 8.01. The molecule has 29 heavy (non-hydrogen) atoms. The van der Waals surface area contributed by atoms with Crippen LogP contribution in [0.25, 0.3) is 0 Å². The number of rotatable bonds is 5. The van der Waals surface area contributed by atoms with Crippen LogP contribution in [0.4, 0.5) is 4.79 Å². The predicted octanol–water partition coefficient (Wildman–Crippen LogP) is 2.86. The van der Waals surface area contributed by atoms with E-state index in [0.29, 0.717) is 25.8 Å². The van der Waals surface area contributed by atoms with E-state index in [1.54, 1.807) is 24.1 Å². The summed E-state index contributed by atoms with van der Waals surface area (Å²) in [7, 11) is 1.76. The average Bonchev–Trinajstić information content (AvgIpc) is 2.90. The number of urea groups is 1. The summed E-state index contributed by atoms with van der Waals surface area (Å²) < 4.78 is 0. The molecule has 1 spiro atoms. The number of hydrogen-bond acceptors (Lipinski definition) is 4. The van der Waals surface area contributed by atoms with Crippen LogP contribution in [0.1, 0.15) is 24.0 Å². The van der Waals surface area contributed by atoms with Crippen molar-refractivity contribution in [3.63, 3.8) is 0 Å². The Balaban J connectivity index is 1.40. The molecule has 0 aromatic heterocycles. The zero-order valence-corrected chi connectivity index (χ0v) is 16.8. The van der Waals surface area contributed by atoms with Gasteiger partial charge >= 0.3 is 6.03 Å². The third-order valence-corrected chi connectivity index (χ3v) is 6.27. The minimum atomic E-state index is -0.719. The fraction of sp³-hybridized carbons (Fsp3) is 0.391. The van der Waals surface area contributed by atoms with Gasteiger partial charge in [-0.3, -0.25) is 14.6 Å². The molecule has 0 unspecified atom stereocenters. The molecular weight excluding hydrogens is 366 g/mol. The van der Waals surface area contributed by atoms with Crippen molar-refractivity contribution >= 4 is 11.9 Å². The third kappa shape index (κ3) is 3.72. The van der Waals surface area contributed by atoms with Gasteiger partial charge < -0.3 is 10.0 Å². The molecule has 0 atom stereocenters. The van der Waals surface area contributed by atoms with E-state index < -0.39 is 5.54 Å². The maximum absolute atomic E-state index is 13.2. The number of carbonyl (C=O) groups excluding carboxylic acids is 2. The van der Waals surface area contributed by atoms with Crippen molar-refractivity contribution in [2.24, 2.45) is 0 Å². The monoisotopic (exact) mass is 393 g/mol. The summed E-state index contributed by atoms with van der Waals surface area (Å²) in [5.74, 6) is 0.208. The molecule has 0 aliphatic carbocycles. The summed E-state index contributed by atoms with van der Waals surface area (Å²) in [6, 6.07) is 17.0. The van der Waals surface area contributed by atoms with Gasteiger partial charge in [-0.25, -0.2) is 4.79 Å². The summed E-state index contributed by atoms with van der Waals surface area (Å²) in [5, 5.41) is 9.66. The molecule has 2 aromatic rings. The van der Waals surface area contributed by atoms with Gasteiger partial charge in [-0.15, -0.1) is 0 Å². The number of piperidine rings is 1. The van der Waals surface area contributed by atoms with Gasteiger partial charge in [-0.2, -0.15) is 0 Å². The van der Waals surface area contributed by atoms with Crippen LogP contribution in [-0.4, -0.2) is 64.0 Å². The number of phenols is 1. The topological polar surface area (TPSA) is 64.1 Å². The van der Waals surface area contributed by atoms with Gasteiger partial charge in [0.25, 0.3) is 5.91 Å². The van der Waals surface area contributed by atoms with Crippen LogP contribution in [0.5, 0.6) is 5.75 Å². The van der Waals surface area contributed by atoms with Crippen molar-refractivity contribution in [3.8, 4) is 5.75 Å². The van der Waals surface area contributed by atoms with E-state index in [1.165, 1.54) is 4.90 Å². The lowest BCUT2D eigenvalue weighted by Gasteiger charge is -2.40. The highest BCUT2D eigenvalue weighted by Gasteiger charge is 2.56. The predicted molar refractivity (Wildman–Crippen MR) is 110 cm³/mol. The minimum absolute atomic E-state index is 0.0575. The molecule has 2 aliphatic rings. The van der Waals surface area contributed by atoms with Crippen molar-refractivity contribution in [2.75, 3.05) is 26.7 Å². The van der Waals surface area contributed by atoms with Crippen LogP contribution >= 0.6 is 0 Å². The molecule has 1 N–H and O–H groups in total. The molecule has 2 aliphatic heterocycles. The number of likely N-dealkylation sites (N-methyl/N-ethyl adjacent to an activating group) is 1. The number of phenolic OH excluding ortho intramolecular Hbond substituents is 1. The van der Waals surface area contributed by atoms with Crippen molar-refractivity contribution in [1.82, 2.24) is 14.7 Å². The Morgan fingerprint density at radius 1 is 0.966 bits per heavy atom. The van der Waals surface area contributed by atoms with Crippen molar-refractivity contribution in [3.05, 3.63) is 65.7 Å². The maximum atomic E-state index is 13.2. The first-order chi connectivity index (χ1) is 14.0. The average molecular weight is 393 g/mol. The lowest BCUT2D eigenvalue weighted by Crippen LogP contribution is -2.55. The summed E-state index contributed by atoms with van der Waals surface area (Å²) in [6.45, 7) is 2.63. The van der Waals surface area contributed by atoms with Crippen LogP contribution in [-0.2, 0) is 17.8 Å². The summed E-state index contributed by atoms with van der Waals surface area (Å²) >= 11 is 0. The number of amides is 3. The Kier molecular flexibility index (Phi) is 5.28. The number of nitrogens with zero attached hydrogens (tertiary/aromatic N) is 3. The Hall–Kier alpha value is -2.86. The Bertz CT molecular complexity index is 891. The molecule has 2 heterocycles. The molecule has 4 rings (SSSR count). The number of likely N-dealkylation sites (tertiary alicyclic amines) is 1. The second-order valence-corrected chi connectivity index (χ2v) is 8.01. The van der Waals surface area contributed by atoms with Gasteiger partial charge in [-0.1, -0.05) is 42.5 Å².